The number of amides is 3. The maximum absolute atomic E-state index is 12.9. The van der Waals surface area contributed by atoms with E-state index in [-0.39, 0.29) is 12.2 Å². The number of hydrazine groups is 1. The Morgan fingerprint density at radius 2 is 1.64 bits per heavy atom. The Bertz CT molecular complexity index is 824. The van der Waals surface area contributed by atoms with Gasteiger partial charge in [0.2, 0.25) is 0 Å². The van der Waals surface area contributed by atoms with Gasteiger partial charge in [0.25, 0.3) is 11.8 Å². The van der Waals surface area contributed by atoms with Gasteiger partial charge in [-0.15, -0.1) is 0 Å². The highest BCUT2D eigenvalue weighted by molar-refractivity contribution is 5.96. The van der Waals surface area contributed by atoms with Crippen LogP contribution in [0.15, 0.2) is 48.5 Å². The molecule has 28 heavy (non-hydrogen) atoms. The lowest BCUT2D eigenvalue weighted by atomic mass is 10.2. The average molecular weight is 389 g/mol. The van der Waals surface area contributed by atoms with E-state index in [1.807, 2.05) is 0 Å². The highest BCUT2D eigenvalue weighted by Gasteiger charge is 2.16. The Labute approximate surface area is 161 Å². The van der Waals surface area contributed by atoms with Crippen molar-refractivity contribution in [1.29, 1.82) is 0 Å². The second-order valence-electron chi connectivity index (χ2n) is 5.58. The largest absolute Gasteiger partial charge is 0.481 e. The molecule has 0 saturated heterocycles. The first kappa shape index (κ1) is 20.7. The number of rotatable bonds is 6. The van der Waals surface area contributed by atoms with Gasteiger partial charge in [-0.2, -0.15) is 0 Å². The van der Waals surface area contributed by atoms with Crippen LogP contribution in [-0.2, 0) is 9.53 Å². The zero-order valence-electron chi connectivity index (χ0n) is 15.3. The van der Waals surface area contributed by atoms with Crippen molar-refractivity contribution < 1.29 is 28.2 Å². The number of anilines is 1. The smallest absolute Gasteiger partial charge is 0.411 e. The van der Waals surface area contributed by atoms with Crippen molar-refractivity contribution in [2.45, 2.75) is 20.0 Å². The fraction of sp³-hybridized carbons (Fsp3) is 0.211. The van der Waals surface area contributed by atoms with E-state index in [2.05, 4.69) is 16.2 Å². The predicted octanol–water partition coefficient (Wildman–Crippen LogP) is 2.62. The van der Waals surface area contributed by atoms with Gasteiger partial charge in [0, 0.05) is 11.3 Å². The molecule has 1 atom stereocenters. The number of nitrogens with one attached hydrogen (secondary N) is 3. The molecule has 0 aliphatic carbocycles. The normalized spacial score (nSPS) is 11.1. The molecule has 3 N–H and O–H groups in total. The number of carbonyl (C=O) groups excluding carboxylic acids is 3. The van der Waals surface area contributed by atoms with E-state index in [1.165, 1.54) is 55.5 Å². The first-order valence-corrected chi connectivity index (χ1v) is 8.45. The van der Waals surface area contributed by atoms with E-state index in [0.717, 1.165) is 0 Å². The molecule has 0 aliphatic rings. The molecule has 0 spiro atoms. The molecule has 9 heteroatoms. The molecule has 0 heterocycles. The minimum absolute atomic E-state index is 0.245. The van der Waals surface area contributed by atoms with Crippen LogP contribution >= 0.6 is 0 Å². The quantitative estimate of drug-likeness (QED) is 0.659. The highest BCUT2D eigenvalue weighted by Crippen LogP contribution is 2.13. The van der Waals surface area contributed by atoms with Crippen molar-refractivity contribution in [2.24, 2.45) is 0 Å². The van der Waals surface area contributed by atoms with Gasteiger partial charge >= 0.3 is 6.09 Å². The average Bonchev–Trinajstić information content (AvgIpc) is 2.68. The third kappa shape index (κ3) is 6.27. The molecule has 2 rings (SSSR count). The van der Waals surface area contributed by atoms with Gasteiger partial charge in [0.1, 0.15) is 11.6 Å². The van der Waals surface area contributed by atoms with Crippen molar-refractivity contribution in [2.75, 3.05) is 11.9 Å². The summed E-state index contributed by atoms with van der Waals surface area (Å²) in [6.45, 7) is 3.42. The summed E-state index contributed by atoms with van der Waals surface area (Å²) in [6.07, 6.45) is -1.51. The number of ether oxygens (including phenoxy) is 2. The van der Waals surface area contributed by atoms with E-state index >= 15 is 0 Å². The van der Waals surface area contributed by atoms with Crippen molar-refractivity contribution in [1.82, 2.24) is 10.9 Å². The van der Waals surface area contributed by atoms with Crippen molar-refractivity contribution in [3.8, 4) is 5.75 Å². The summed E-state index contributed by atoms with van der Waals surface area (Å²) in [7, 11) is 0. The fourth-order valence-corrected chi connectivity index (χ4v) is 2.05. The molecule has 0 aliphatic heterocycles. The van der Waals surface area contributed by atoms with E-state index in [1.54, 1.807) is 6.92 Å². The molecule has 148 valence electrons. The summed E-state index contributed by atoms with van der Waals surface area (Å²) >= 11 is 0. The van der Waals surface area contributed by atoms with E-state index < -0.39 is 29.8 Å². The molecule has 3 amide bonds. The SMILES string of the molecule is CCOC(=O)Nc1ccc(C(=O)NNC(=O)[C@@H](C)Oc2ccc(F)cc2)cc1. The maximum Gasteiger partial charge on any atom is 0.411 e. The van der Waals surface area contributed by atoms with Crippen LogP contribution in [0, 0.1) is 5.82 Å². The van der Waals surface area contributed by atoms with Gasteiger partial charge in [-0.3, -0.25) is 25.8 Å². The van der Waals surface area contributed by atoms with Crippen LogP contribution in [0.5, 0.6) is 5.75 Å². The van der Waals surface area contributed by atoms with Gasteiger partial charge in [-0.05, 0) is 62.4 Å². The fourth-order valence-electron chi connectivity index (χ4n) is 2.05. The monoisotopic (exact) mass is 389 g/mol. The predicted molar refractivity (Wildman–Crippen MR) is 99.2 cm³/mol. The lowest BCUT2D eigenvalue weighted by Crippen LogP contribution is -2.47. The standard InChI is InChI=1S/C19H20FN3O5/c1-3-27-19(26)21-15-8-4-13(5-9-15)18(25)23-22-17(24)12(2)28-16-10-6-14(20)7-11-16/h4-12H,3H2,1-2H3,(H,21,26)(H,22,24)(H,23,25)/t12-/m1/s1. The van der Waals surface area contributed by atoms with E-state index in [4.69, 9.17) is 9.47 Å². The zero-order valence-corrected chi connectivity index (χ0v) is 15.3. The van der Waals surface area contributed by atoms with Gasteiger partial charge < -0.3 is 9.47 Å². The number of halogens is 1. The summed E-state index contributed by atoms with van der Waals surface area (Å²) in [6, 6.07) is 11.2. The Hall–Kier alpha value is -3.62. The lowest BCUT2D eigenvalue weighted by molar-refractivity contribution is -0.128. The second kappa shape index (κ2) is 9.91. The van der Waals surface area contributed by atoms with E-state index in [9.17, 15) is 18.8 Å². The van der Waals surface area contributed by atoms with Crippen LogP contribution in [0.25, 0.3) is 0 Å². The zero-order chi connectivity index (χ0) is 20.5. The Morgan fingerprint density at radius 1 is 1.00 bits per heavy atom. The molecular weight excluding hydrogens is 369 g/mol. The van der Waals surface area contributed by atoms with Crippen molar-refractivity contribution >= 4 is 23.6 Å². The molecule has 0 bridgehead atoms. The summed E-state index contributed by atoms with van der Waals surface area (Å²) in [4.78, 5) is 35.4. The molecular formula is C19H20FN3O5. The minimum Gasteiger partial charge on any atom is -0.481 e. The first-order chi connectivity index (χ1) is 13.4. The first-order valence-electron chi connectivity index (χ1n) is 8.45. The van der Waals surface area contributed by atoms with Crippen LogP contribution in [0.3, 0.4) is 0 Å². The van der Waals surface area contributed by atoms with Crippen molar-refractivity contribution in [3.05, 3.63) is 59.9 Å². The minimum atomic E-state index is -0.915. The van der Waals surface area contributed by atoms with Gasteiger partial charge in [-0.25, -0.2) is 9.18 Å². The molecule has 2 aromatic rings. The third-order valence-electron chi connectivity index (χ3n) is 3.46. The second-order valence-corrected chi connectivity index (χ2v) is 5.58. The Morgan fingerprint density at radius 3 is 2.25 bits per heavy atom. The molecule has 2 aromatic carbocycles. The van der Waals surface area contributed by atoms with Crippen LogP contribution in [0.4, 0.5) is 14.9 Å². The number of hydrogen-bond donors (Lipinski definition) is 3. The van der Waals surface area contributed by atoms with Gasteiger partial charge in [0.15, 0.2) is 6.10 Å². The van der Waals surface area contributed by atoms with Crippen molar-refractivity contribution in [3.63, 3.8) is 0 Å². The summed E-state index contributed by atoms with van der Waals surface area (Å²) in [5, 5.41) is 2.50. The Balaban J connectivity index is 1.82. The molecule has 0 unspecified atom stereocenters. The van der Waals surface area contributed by atoms with Crippen LogP contribution in [0.1, 0.15) is 24.2 Å². The summed E-state index contributed by atoms with van der Waals surface area (Å²) in [5.74, 6) is -1.23. The summed E-state index contributed by atoms with van der Waals surface area (Å²) in [5.41, 5.74) is 5.24. The summed E-state index contributed by atoms with van der Waals surface area (Å²) < 4.78 is 23.0. The number of hydrogen-bond acceptors (Lipinski definition) is 5. The van der Waals surface area contributed by atoms with E-state index in [0.29, 0.717) is 11.4 Å². The van der Waals surface area contributed by atoms with Gasteiger partial charge in [0.05, 0.1) is 6.61 Å². The topological polar surface area (TPSA) is 106 Å². The molecule has 8 nitrogen and oxygen atoms in total. The molecule has 0 aromatic heterocycles. The number of carbonyl (C=O) groups is 3. The highest BCUT2D eigenvalue weighted by atomic mass is 19.1. The number of benzene rings is 2. The third-order valence-corrected chi connectivity index (χ3v) is 3.46. The lowest BCUT2D eigenvalue weighted by Gasteiger charge is -2.15. The van der Waals surface area contributed by atoms with Crippen LogP contribution in [-0.4, -0.2) is 30.6 Å². The molecule has 0 radical (unpaired) electrons. The molecule has 0 fully saturated rings. The maximum atomic E-state index is 12.9. The Kier molecular flexibility index (Phi) is 7.32. The van der Waals surface area contributed by atoms with Crippen LogP contribution in [0.2, 0.25) is 0 Å². The van der Waals surface area contributed by atoms with Crippen LogP contribution < -0.4 is 20.9 Å². The molecule has 0 saturated carbocycles. The van der Waals surface area contributed by atoms with Gasteiger partial charge in [-0.1, -0.05) is 0 Å².